The number of likely N-dealkylation sites (tertiary alicyclic amines) is 1. The van der Waals surface area contributed by atoms with E-state index in [2.05, 4.69) is 10.3 Å². The third-order valence-corrected chi connectivity index (χ3v) is 4.73. The zero-order chi connectivity index (χ0) is 19.8. The molecule has 0 aliphatic carbocycles. The molecule has 1 fully saturated rings. The summed E-state index contributed by atoms with van der Waals surface area (Å²) >= 11 is 0. The molecule has 148 valence electrons. The van der Waals surface area contributed by atoms with Crippen LogP contribution in [0.25, 0.3) is 0 Å². The Labute approximate surface area is 163 Å². The van der Waals surface area contributed by atoms with E-state index in [0.717, 1.165) is 5.69 Å². The maximum Gasteiger partial charge on any atom is 0.225 e. The standard InChI is InChI=1S/C21H24FN3O3/c22-18-6-1-2-7-19(18)28-14-12-24-21(27)16-8-9-20(26)25(15-16)13-10-17-5-3-4-11-23-17/h1-7,11,16H,8-10,12-15H2,(H,24,27)/t16-/m0/s1. The van der Waals surface area contributed by atoms with Crippen LogP contribution in [-0.2, 0) is 16.0 Å². The van der Waals surface area contributed by atoms with Gasteiger partial charge < -0.3 is 15.0 Å². The van der Waals surface area contributed by atoms with E-state index in [4.69, 9.17) is 4.74 Å². The fraction of sp³-hybridized carbons (Fsp3) is 0.381. The summed E-state index contributed by atoms with van der Waals surface area (Å²) in [5.41, 5.74) is 0.923. The average Bonchev–Trinajstić information content (AvgIpc) is 2.72. The number of ether oxygens (including phenoxy) is 1. The first-order valence-electron chi connectivity index (χ1n) is 9.46. The van der Waals surface area contributed by atoms with Crippen LogP contribution in [0.3, 0.4) is 0 Å². The second kappa shape index (κ2) is 9.82. The number of para-hydroxylation sites is 1. The predicted molar refractivity (Wildman–Crippen MR) is 102 cm³/mol. The van der Waals surface area contributed by atoms with Crippen LogP contribution >= 0.6 is 0 Å². The van der Waals surface area contributed by atoms with Crippen LogP contribution in [0.4, 0.5) is 4.39 Å². The molecular formula is C21H24FN3O3. The van der Waals surface area contributed by atoms with Gasteiger partial charge in [-0.15, -0.1) is 0 Å². The molecule has 2 heterocycles. The van der Waals surface area contributed by atoms with Crippen molar-refractivity contribution >= 4 is 11.8 Å². The van der Waals surface area contributed by atoms with Crippen LogP contribution in [0.5, 0.6) is 5.75 Å². The zero-order valence-corrected chi connectivity index (χ0v) is 15.6. The summed E-state index contributed by atoms with van der Waals surface area (Å²) in [4.78, 5) is 30.6. The maximum absolute atomic E-state index is 13.5. The van der Waals surface area contributed by atoms with Gasteiger partial charge in [0.05, 0.1) is 12.5 Å². The molecule has 2 amide bonds. The lowest BCUT2D eigenvalue weighted by atomic mass is 9.96. The molecule has 0 radical (unpaired) electrons. The number of halogens is 1. The molecule has 1 aromatic heterocycles. The number of hydrogen-bond donors (Lipinski definition) is 1. The van der Waals surface area contributed by atoms with E-state index in [1.165, 1.54) is 6.07 Å². The van der Waals surface area contributed by atoms with Crippen LogP contribution in [0, 0.1) is 11.7 Å². The zero-order valence-electron chi connectivity index (χ0n) is 15.6. The van der Waals surface area contributed by atoms with Gasteiger partial charge in [-0.1, -0.05) is 18.2 Å². The summed E-state index contributed by atoms with van der Waals surface area (Å²) in [5, 5.41) is 2.81. The number of rotatable bonds is 8. The first-order chi connectivity index (χ1) is 13.6. The molecule has 28 heavy (non-hydrogen) atoms. The van der Waals surface area contributed by atoms with Crippen LogP contribution in [0.2, 0.25) is 0 Å². The number of nitrogens with zero attached hydrogens (tertiary/aromatic N) is 2. The molecule has 1 aliphatic rings. The highest BCUT2D eigenvalue weighted by molar-refractivity contribution is 5.83. The minimum Gasteiger partial charge on any atom is -0.489 e. The third-order valence-electron chi connectivity index (χ3n) is 4.73. The van der Waals surface area contributed by atoms with Crippen molar-refractivity contribution in [3.8, 4) is 5.75 Å². The second-order valence-corrected chi connectivity index (χ2v) is 6.72. The Bertz CT molecular complexity index is 800. The number of amides is 2. The highest BCUT2D eigenvalue weighted by Gasteiger charge is 2.29. The molecule has 0 saturated carbocycles. The molecule has 1 aliphatic heterocycles. The maximum atomic E-state index is 13.5. The van der Waals surface area contributed by atoms with E-state index in [0.29, 0.717) is 32.4 Å². The molecule has 1 atom stereocenters. The smallest absolute Gasteiger partial charge is 0.225 e. The topological polar surface area (TPSA) is 71.5 Å². The molecule has 0 spiro atoms. The molecule has 1 aromatic carbocycles. The molecule has 0 bridgehead atoms. The lowest BCUT2D eigenvalue weighted by Crippen LogP contribution is -2.47. The Morgan fingerprint density at radius 1 is 1.25 bits per heavy atom. The van der Waals surface area contributed by atoms with Gasteiger partial charge >= 0.3 is 0 Å². The second-order valence-electron chi connectivity index (χ2n) is 6.72. The predicted octanol–water partition coefficient (Wildman–Crippen LogP) is 2.20. The van der Waals surface area contributed by atoms with E-state index < -0.39 is 5.82 Å². The Morgan fingerprint density at radius 3 is 2.86 bits per heavy atom. The minimum atomic E-state index is -0.428. The van der Waals surface area contributed by atoms with Gasteiger partial charge in [-0.3, -0.25) is 14.6 Å². The van der Waals surface area contributed by atoms with Crippen molar-refractivity contribution in [2.75, 3.05) is 26.2 Å². The summed E-state index contributed by atoms with van der Waals surface area (Å²) in [5.74, 6) is -0.533. The van der Waals surface area contributed by atoms with Crippen LogP contribution in [0.1, 0.15) is 18.5 Å². The monoisotopic (exact) mass is 385 g/mol. The van der Waals surface area contributed by atoms with Crippen molar-refractivity contribution in [3.63, 3.8) is 0 Å². The van der Waals surface area contributed by atoms with Gasteiger partial charge in [-0.2, -0.15) is 0 Å². The Hall–Kier alpha value is -2.96. The summed E-state index contributed by atoms with van der Waals surface area (Å²) < 4.78 is 18.8. The number of carbonyl (C=O) groups is 2. The first kappa shape index (κ1) is 19.8. The SMILES string of the molecule is O=C(NCCOc1ccccc1F)[C@H]1CCC(=O)N(CCc2ccccn2)C1. The van der Waals surface area contributed by atoms with E-state index in [1.807, 2.05) is 18.2 Å². The Kier molecular flexibility index (Phi) is 6.94. The lowest BCUT2D eigenvalue weighted by Gasteiger charge is -2.32. The van der Waals surface area contributed by atoms with Gasteiger partial charge in [0.2, 0.25) is 11.8 Å². The summed E-state index contributed by atoms with van der Waals surface area (Å²) in [7, 11) is 0. The van der Waals surface area contributed by atoms with Crippen molar-refractivity contribution < 1.29 is 18.7 Å². The molecule has 7 heteroatoms. The Morgan fingerprint density at radius 2 is 2.07 bits per heavy atom. The number of piperidine rings is 1. The van der Waals surface area contributed by atoms with Gasteiger partial charge in [0.1, 0.15) is 6.61 Å². The highest BCUT2D eigenvalue weighted by atomic mass is 19.1. The largest absolute Gasteiger partial charge is 0.489 e. The van der Waals surface area contributed by atoms with E-state index >= 15 is 0 Å². The normalized spacial score (nSPS) is 16.7. The summed E-state index contributed by atoms with van der Waals surface area (Å²) in [6.45, 7) is 1.43. The number of benzene rings is 1. The number of carbonyl (C=O) groups excluding carboxylic acids is 2. The van der Waals surface area contributed by atoms with Crippen LogP contribution in [-0.4, -0.2) is 47.9 Å². The highest BCUT2D eigenvalue weighted by Crippen LogP contribution is 2.18. The quantitative estimate of drug-likeness (QED) is 0.707. The van der Waals surface area contributed by atoms with Gasteiger partial charge in [0.25, 0.3) is 0 Å². The van der Waals surface area contributed by atoms with Crippen molar-refractivity contribution in [3.05, 3.63) is 60.2 Å². The van der Waals surface area contributed by atoms with E-state index in [9.17, 15) is 14.0 Å². The number of aromatic nitrogens is 1. The lowest BCUT2D eigenvalue weighted by molar-refractivity contribution is -0.138. The van der Waals surface area contributed by atoms with Crippen molar-refractivity contribution in [1.82, 2.24) is 15.2 Å². The van der Waals surface area contributed by atoms with Gasteiger partial charge in [0.15, 0.2) is 11.6 Å². The van der Waals surface area contributed by atoms with Crippen LogP contribution in [0.15, 0.2) is 48.7 Å². The van der Waals surface area contributed by atoms with Crippen molar-refractivity contribution in [2.45, 2.75) is 19.3 Å². The Balaban J connectivity index is 1.42. The van der Waals surface area contributed by atoms with Gasteiger partial charge in [-0.25, -0.2) is 4.39 Å². The van der Waals surface area contributed by atoms with Crippen LogP contribution < -0.4 is 10.1 Å². The third kappa shape index (κ3) is 5.52. The molecule has 0 unspecified atom stereocenters. The summed E-state index contributed by atoms with van der Waals surface area (Å²) in [6.07, 6.45) is 3.30. The van der Waals surface area contributed by atoms with Gasteiger partial charge in [0, 0.05) is 37.8 Å². The molecular weight excluding hydrogens is 361 g/mol. The van der Waals surface area contributed by atoms with E-state index in [-0.39, 0.29) is 36.6 Å². The fourth-order valence-electron chi connectivity index (χ4n) is 3.18. The average molecular weight is 385 g/mol. The van der Waals surface area contributed by atoms with E-state index in [1.54, 1.807) is 29.3 Å². The molecule has 2 aromatic rings. The minimum absolute atomic E-state index is 0.0721. The van der Waals surface area contributed by atoms with Crippen molar-refractivity contribution in [1.29, 1.82) is 0 Å². The molecule has 6 nitrogen and oxygen atoms in total. The summed E-state index contributed by atoms with van der Waals surface area (Å²) in [6, 6.07) is 11.8. The molecule has 1 saturated heterocycles. The molecule has 1 N–H and O–H groups in total. The number of pyridine rings is 1. The fourth-order valence-corrected chi connectivity index (χ4v) is 3.18. The van der Waals surface area contributed by atoms with Gasteiger partial charge in [-0.05, 0) is 30.7 Å². The molecule has 3 rings (SSSR count). The van der Waals surface area contributed by atoms with Crippen molar-refractivity contribution in [2.24, 2.45) is 5.92 Å². The first-order valence-corrected chi connectivity index (χ1v) is 9.46. The number of hydrogen-bond acceptors (Lipinski definition) is 4. The number of nitrogens with one attached hydrogen (secondary N) is 1.